The molecule has 1 aliphatic rings. The van der Waals surface area contributed by atoms with Crippen LogP contribution in [-0.2, 0) is 6.54 Å². The van der Waals surface area contributed by atoms with Crippen molar-refractivity contribution in [3.05, 3.63) is 65.2 Å². The van der Waals surface area contributed by atoms with Crippen LogP contribution in [0, 0.1) is 0 Å². The maximum absolute atomic E-state index is 2.48. The summed E-state index contributed by atoms with van der Waals surface area (Å²) in [6.45, 7) is 4.33. The summed E-state index contributed by atoms with van der Waals surface area (Å²) >= 11 is 0. The van der Waals surface area contributed by atoms with Gasteiger partial charge in [-0.05, 0) is 29.2 Å². The second-order valence-electron chi connectivity index (χ2n) is 5.01. The van der Waals surface area contributed by atoms with Crippen molar-refractivity contribution in [3.63, 3.8) is 0 Å². The standard InChI is InChI=1S/C18H19N/c1-2-13-19-14-17-9-4-3-7-15(17)11-12-16-8-5-6-10-18(16)19/h3-12H,2,13-14H2,1H3. The zero-order chi connectivity index (χ0) is 13.1. The van der Waals surface area contributed by atoms with Gasteiger partial charge in [-0.3, -0.25) is 0 Å². The number of nitrogens with zero attached hydrogens (tertiary/aromatic N) is 1. The summed E-state index contributed by atoms with van der Waals surface area (Å²) in [5, 5.41) is 0. The molecular formula is C18H19N. The van der Waals surface area contributed by atoms with Gasteiger partial charge in [-0.25, -0.2) is 0 Å². The molecule has 0 amide bonds. The molecule has 1 nitrogen and oxygen atoms in total. The van der Waals surface area contributed by atoms with Crippen molar-refractivity contribution in [1.29, 1.82) is 0 Å². The van der Waals surface area contributed by atoms with Crippen LogP contribution in [0.25, 0.3) is 12.2 Å². The third-order valence-electron chi connectivity index (χ3n) is 3.63. The van der Waals surface area contributed by atoms with Gasteiger partial charge in [-0.15, -0.1) is 0 Å². The summed E-state index contributed by atoms with van der Waals surface area (Å²) in [6, 6.07) is 17.3. The lowest BCUT2D eigenvalue weighted by atomic mass is 10.0. The number of para-hydroxylation sites is 1. The predicted octanol–water partition coefficient (Wildman–Crippen LogP) is 4.59. The highest BCUT2D eigenvalue weighted by Gasteiger charge is 2.13. The molecule has 0 radical (unpaired) electrons. The molecule has 2 aromatic carbocycles. The lowest BCUT2D eigenvalue weighted by Crippen LogP contribution is -2.25. The van der Waals surface area contributed by atoms with Crippen molar-refractivity contribution >= 4 is 17.8 Å². The molecule has 96 valence electrons. The third-order valence-corrected chi connectivity index (χ3v) is 3.63. The molecule has 1 aliphatic heterocycles. The Bertz CT molecular complexity index is 598. The second kappa shape index (κ2) is 5.31. The Balaban J connectivity index is 2.11. The highest BCUT2D eigenvalue weighted by Crippen LogP contribution is 2.28. The lowest BCUT2D eigenvalue weighted by molar-refractivity contribution is 0.765. The van der Waals surface area contributed by atoms with Gasteiger partial charge in [0.05, 0.1) is 0 Å². The Hall–Kier alpha value is -2.02. The van der Waals surface area contributed by atoms with Gasteiger partial charge in [0.1, 0.15) is 0 Å². The van der Waals surface area contributed by atoms with Gasteiger partial charge in [0.25, 0.3) is 0 Å². The SMILES string of the molecule is CCCN1Cc2ccccc2C=Cc2ccccc21. The lowest BCUT2D eigenvalue weighted by Gasteiger charge is -2.28. The molecule has 19 heavy (non-hydrogen) atoms. The normalized spacial score (nSPS) is 13.4. The summed E-state index contributed by atoms with van der Waals surface area (Å²) in [5.41, 5.74) is 5.39. The van der Waals surface area contributed by atoms with Crippen molar-refractivity contribution in [1.82, 2.24) is 0 Å². The molecule has 2 aromatic rings. The van der Waals surface area contributed by atoms with Crippen LogP contribution in [0.2, 0.25) is 0 Å². The van der Waals surface area contributed by atoms with E-state index in [1.54, 1.807) is 0 Å². The zero-order valence-electron chi connectivity index (χ0n) is 11.3. The van der Waals surface area contributed by atoms with Crippen molar-refractivity contribution in [3.8, 4) is 0 Å². The molecule has 0 N–H and O–H groups in total. The molecule has 0 saturated carbocycles. The molecule has 0 aromatic heterocycles. The molecule has 1 heterocycles. The monoisotopic (exact) mass is 249 g/mol. The van der Waals surface area contributed by atoms with Crippen LogP contribution in [-0.4, -0.2) is 6.54 Å². The van der Waals surface area contributed by atoms with E-state index in [9.17, 15) is 0 Å². The number of hydrogen-bond donors (Lipinski definition) is 0. The van der Waals surface area contributed by atoms with Crippen LogP contribution in [0.3, 0.4) is 0 Å². The first-order chi connectivity index (χ1) is 9.38. The van der Waals surface area contributed by atoms with Crippen LogP contribution in [0.15, 0.2) is 48.5 Å². The summed E-state index contributed by atoms with van der Waals surface area (Å²) < 4.78 is 0. The third kappa shape index (κ3) is 2.41. The summed E-state index contributed by atoms with van der Waals surface area (Å²) in [6.07, 6.45) is 5.63. The molecule has 0 unspecified atom stereocenters. The summed E-state index contributed by atoms with van der Waals surface area (Å²) in [4.78, 5) is 2.48. The van der Waals surface area contributed by atoms with E-state index in [2.05, 4.69) is 72.5 Å². The van der Waals surface area contributed by atoms with Gasteiger partial charge in [-0.1, -0.05) is 61.5 Å². The molecule has 0 aliphatic carbocycles. The van der Waals surface area contributed by atoms with Crippen molar-refractivity contribution < 1.29 is 0 Å². The van der Waals surface area contributed by atoms with Gasteiger partial charge in [0, 0.05) is 18.8 Å². The first-order valence-electron chi connectivity index (χ1n) is 6.98. The number of hydrogen-bond acceptors (Lipinski definition) is 1. The topological polar surface area (TPSA) is 3.24 Å². The Morgan fingerprint density at radius 2 is 1.58 bits per heavy atom. The molecular weight excluding hydrogens is 230 g/mol. The fourth-order valence-corrected chi connectivity index (χ4v) is 2.70. The Labute approximate surface area is 115 Å². The zero-order valence-corrected chi connectivity index (χ0v) is 11.3. The number of rotatable bonds is 2. The minimum absolute atomic E-state index is 0.991. The predicted molar refractivity (Wildman–Crippen MR) is 83.2 cm³/mol. The largest absolute Gasteiger partial charge is 0.367 e. The summed E-state index contributed by atoms with van der Waals surface area (Å²) in [7, 11) is 0. The van der Waals surface area contributed by atoms with Crippen molar-refractivity contribution in [2.75, 3.05) is 11.4 Å². The maximum atomic E-state index is 2.48. The molecule has 0 atom stereocenters. The highest BCUT2D eigenvalue weighted by atomic mass is 15.1. The van der Waals surface area contributed by atoms with Crippen LogP contribution in [0.4, 0.5) is 5.69 Å². The van der Waals surface area contributed by atoms with E-state index in [1.165, 1.54) is 28.8 Å². The number of fused-ring (bicyclic) bond motifs is 2. The Morgan fingerprint density at radius 1 is 0.895 bits per heavy atom. The van der Waals surface area contributed by atoms with Crippen molar-refractivity contribution in [2.24, 2.45) is 0 Å². The number of benzene rings is 2. The minimum atomic E-state index is 0.991. The van der Waals surface area contributed by atoms with Gasteiger partial charge in [0.2, 0.25) is 0 Å². The quantitative estimate of drug-likeness (QED) is 0.752. The molecule has 0 fully saturated rings. The Kier molecular flexibility index (Phi) is 3.37. The van der Waals surface area contributed by atoms with E-state index in [4.69, 9.17) is 0 Å². The first-order valence-corrected chi connectivity index (χ1v) is 6.98. The summed E-state index contributed by atoms with van der Waals surface area (Å²) in [5.74, 6) is 0. The van der Waals surface area contributed by atoms with Crippen LogP contribution < -0.4 is 4.90 Å². The number of anilines is 1. The van der Waals surface area contributed by atoms with E-state index >= 15 is 0 Å². The molecule has 0 bridgehead atoms. The maximum Gasteiger partial charge on any atom is 0.0442 e. The highest BCUT2D eigenvalue weighted by molar-refractivity contribution is 5.79. The fraction of sp³-hybridized carbons (Fsp3) is 0.222. The van der Waals surface area contributed by atoms with Gasteiger partial charge in [0.15, 0.2) is 0 Å². The molecule has 3 rings (SSSR count). The molecule has 1 heteroatoms. The van der Waals surface area contributed by atoms with E-state index in [0.717, 1.165) is 13.1 Å². The van der Waals surface area contributed by atoms with Crippen LogP contribution in [0.5, 0.6) is 0 Å². The van der Waals surface area contributed by atoms with Crippen LogP contribution in [0.1, 0.15) is 30.0 Å². The average Bonchev–Trinajstić information content (AvgIpc) is 2.44. The molecule has 0 spiro atoms. The van der Waals surface area contributed by atoms with E-state index in [-0.39, 0.29) is 0 Å². The van der Waals surface area contributed by atoms with Crippen molar-refractivity contribution in [2.45, 2.75) is 19.9 Å². The second-order valence-corrected chi connectivity index (χ2v) is 5.01. The molecule has 0 saturated heterocycles. The fourth-order valence-electron chi connectivity index (χ4n) is 2.70. The van der Waals surface area contributed by atoms with Gasteiger partial charge >= 0.3 is 0 Å². The van der Waals surface area contributed by atoms with Crippen LogP contribution >= 0.6 is 0 Å². The Morgan fingerprint density at radius 3 is 2.42 bits per heavy atom. The smallest absolute Gasteiger partial charge is 0.0442 e. The van der Waals surface area contributed by atoms with Gasteiger partial charge in [-0.2, -0.15) is 0 Å². The average molecular weight is 249 g/mol. The van der Waals surface area contributed by atoms with E-state index in [1.807, 2.05) is 0 Å². The minimum Gasteiger partial charge on any atom is -0.367 e. The van der Waals surface area contributed by atoms with Gasteiger partial charge < -0.3 is 4.90 Å². The van der Waals surface area contributed by atoms with E-state index in [0.29, 0.717) is 0 Å². The van der Waals surface area contributed by atoms with E-state index < -0.39 is 0 Å². The first kappa shape index (κ1) is 12.0.